The summed E-state index contributed by atoms with van der Waals surface area (Å²) in [6, 6.07) is 0. The van der Waals surface area contributed by atoms with Gasteiger partial charge in [-0.1, -0.05) is 65.3 Å². The molecule has 0 aromatic heterocycles. The zero-order valence-corrected chi connectivity index (χ0v) is 12.9. The van der Waals surface area contributed by atoms with Crippen molar-refractivity contribution in [2.24, 2.45) is 0 Å². The van der Waals surface area contributed by atoms with Gasteiger partial charge in [0.05, 0.1) is 0 Å². The highest BCUT2D eigenvalue weighted by molar-refractivity contribution is 5.34. The van der Waals surface area contributed by atoms with Crippen molar-refractivity contribution in [1.29, 1.82) is 0 Å². The molecule has 1 heteroatoms. The molecule has 0 heterocycles. The Morgan fingerprint density at radius 2 is 1.65 bits per heavy atom. The third kappa shape index (κ3) is 8.79. The van der Waals surface area contributed by atoms with E-state index in [1.165, 1.54) is 17.7 Å². The second-order valence-corrected chi connectivity index (χ2v) is 3.90. The third-order valence-electron chi connectivity index (χ3n) is 2.07. The monoisotopic (exact) mass is 237 g/mol. The van der Waals surface area contributed by atoms with E-state index in [0.29, 0.717) is 0 Å². The summed E-state index contributed by atoms with van der Waals surface area (Å²) < 4.78 is 0. The molecule has 100 valence electrons. The van der Waals surface area contributed by atoms with E-state index in [1.807, 2.05) is 13.8 Å². The summed E-state index contributed by atoms with van der Waals surface area (Å²) in [6.45, 7) is 10.4. The van der Waals surface area contributed by atoms with Crippen LogP contribution in [0.1, 0.15) is 53.9 Å². The molecule has 1 rings (SSSR count). The molecule has 0 radical (unpaired) electrons. The quantitative estimate of drug-likeness (QED) is 0.640. The number of hydrogen-bond acceptors (Lipinski definition) is 1. The summed E-state index contributed by atoms with van der Waals surface area (Å²) in [4.78, 5) is 2.18. The van der Waals surface area contributed by atoms with Gasteiger partial charge in [-0.3, -0.25) is 0 Å². The second-order valence-electron chi connectivity index (χ2n) is 3.90. The van der Waals surface area contributed by atoms with Crippen molar-refractivity contribution >= 4 is 0 Å². The van der Waals surface area contributed by atoms with Gasteiger partial charge < -0.3 is 4.90 Å². The molecule has 0 spiro atoms. The molecule has 1 aliphatic carbocycles. The van der Waals surface area contributed by atoms with Crippen LogP contribution in [0.15, 0.2) is 35.6 Å². The van der Waals surface area contributed by atoms with Gasteiger partial charge in [0.15, 0.2) is 0 Å². The first-order chi connectivity index (χ1) is 8.17. The zero-order valence-electron chi connectivity index (χ0n) is 12.9. The lowest BCUT2D eigenvalue weighted by molar-refractivity contribution is 0.516. The van der Waals surface area contributed by atoms with Gasteiger partial charge in [0.2, 0.25) is 0 Å². The van der Waals surface area contributed by atoms with Crippen LogP contribution in [0.3, 0.4) is 0 Å². The van der Waals surface area contributed by atoms with E-state index in [1.54, 1.807) is 0 Å². The lowest BCUT2D eigenvalue weighted by Crippen LogP contribution is -2.12. The summed E-state index contributed by atoms with van der Waals surface area (Å²) in [5.74, 6) is 0. The predicted molar refractivity (Wildman–Crippen MR) is 81.2 cm³/mol. The fraction of sp³-hybridized carbons (Fsp3) is 0.625. The van der Waals surface area contributed by atoms with Crippen molar-refractivity contribution in [1.82, 2.24) is 4.90 Å². The van der Waals surface area contributed by atoms with Crippen molar-refractivity contribution in [3.05, 3.63) is 35.6 Å². The molecule has 0 aromatic carbocycles. The van der Waals surface area contributed by atoms with Gasteiger partial charge in [-0.15, -0.1) is 0 Å². The fourth-order valence-corrected chi connectivity index (χ4v) is 1.43. The van der Waals surface area contributed by atoms with Crippen LogP contribution in [-0.4, -0.2) is 19.0 Å². The van der Waals surface area contributed by atoms with Crippen LogP contribution in [-0.2, 0) is 0 Å². The average Bonchev–Trinajstić information content (AvgIpc) is 2.57. The second kappa shape index (κ2) is 13.1. The van der Waals surface area contributed by atoms with Crippen LogP contribution in [0, 0.1) is 0 Å². The summed E-state index contributed by atoms with van der Waals surface area (Å²) in [5, 5.41) is 0. The van der Waals surface area contributed by atoms with Gasteiger partial charge in [0, 0.05) is 19.8 Å². The van der Waals surface area contributed by atoms with Crippen LogP contribution in [0.4, 0.5) is 0 Å². The molecule has 0 atom stereocenters. The van der Waals surface area contributed by atoms with Gasteiger partial charge in [0.1, 0.15) is 0 Å². The molecular formula is C16H31N. The number of nitrogens with zero attached hydrogens (tertiary/aromatic N) is 1. The van der Waals surface area contributed by atoms with Crippen LogP contribution in [0.5, 0.6) is 0 Å². The highest BCUT2D eigenvalue weighted by Gasteiger charge is 2.04. The van der Waals surface area contributed by atoms with E-state index in [9.17, 15) is 0 Å². The largest absolute Gasteiger partial charge is 0.378 e. The third-order valence-corrected chi connectivity index (χ3v) is 2.07. The average molecular weight is 237 g/mol. The molecule has 0 fully saturated rings. The predicted octanol–water partition coefficient (Wildman–Crippen LogP) is 5.17. The SMILES string of the molecule is CC.CCC.CCC1=CC=CCC=C1N(C)C. The number of rotatable bonds is 2. The molecule has 1 nitrogen and oxygen atoms in total. The molecule has 0 unspecified atom stereocenters. The van der Waals surface area contributed by atoms with Crippen molar-refractivity contribution in [2.75, 3.05) is 14.1 Å². The molecule has 0 saturated heterocycles. The molecule has 1 aliphatic rings. The van der Waals surface area contributed by atoms with Crippen LogP contribution >= 0.6 is 0 Å². The molecular weight excluding hydrogens is 206 g/mol. The maximum Gasteiger partial charge on any atom is 0.0356 e. The van der Waals surface area contributed by atoms with Crippen molar-refractivity contribution in [3.8, 4) is 0 Å². The standard InChI is InChI=1S/C11H17N.C3H8.C2H6/c1-4-10-8-6-5-7-9-11(10)12(2)3;1-3-2;1-2/h5-6,8-9H,4,7H2,1-3H3;3H2,1-2H3;1-2H3. The van der Waals surface area contributed by atoms with Gasteiger partial charge in [-0.25, -0.2) is 0 Å². The van der Waals surface area contributed by atoms with Crippen molar-refractivity contribution < 1.29 is 0 Å². The van der Waals surface area contributed by atoms with Gasteiger partial charge >= 0.3 is 0 Å². The van der Waals surface area contributed by atoms with E-state index < -0.39 is 0 Å². The molecule has 0 aliphatic heterocycles. The Balaban J connectivity index is 0. The van der Waals surface area contributed by atoms with Gasteiger partial charge in [-0.2, -0.15) is 0 Å². The molecule has 0 N–H and O–H groups in total. The maximum atomic E-state index is 2.28. The smallest absolute Gasteiger partial charge is 0.0356 e. The first kappa shape index (κ1) is 18.4. The Morgan fingerprint density at radius 3 is 2.06 bits per heavy atom. The minimum Gasteiger partial charge on any atom is -0.378 e. The zero-order chi connectivity index (χ0) is 13.7. The highest BCUT2D eigenvalue weighted by Crippen LogP contribution is 2.19. The van der Waals surface area contributed by atoms with E-state index in [2.05, 4.69) is 64.1 Å². The van der Waals surface area contributed by atoms with E-state index in [4.69, 9.17) is 0 Å². The molecule has 0 bridgehead atoms. The van der Waals surface area contributed by atoms with Crippen LogP contribution in [0.25, 0.3) is 0 Å². The Morgan fingerprint density at radius 1 is 1.12 bits per heavy atom. The molecule has 0 saturated carbocycles. The van der Waals surface area contributed by atoms with Crippen molar-refractivity contribution in [2.45, 2.75) is 53.9 Å². The lowest BCUT2D eigenvalue weighted by atomic mass is 10.1. The number of likely N-dealkylation sites (N-methyl/N-ethyl adjacent to an activating group) is 1. The number of hydrogen-bond donors (Lipinski definition) is 0. The Hall–Kier alpha value is -0.980. The van der Waals surface area contributed by atoms with Crippen LogP contribution < -0.4 is 0 Å². The lowest BCUT2D eigenvalue weighted by Gasteiger charge is -2.18. The maximum absolute atomic E-state index is 2.28. The summed E-state index contributed by atoms with van der Waals surface area (Å²) in [7, 11) is 4.20. The summed E-state index contributed by atoms with van der Waals surface area (Å²) in [6.07, 6.45) is 12.2. The Bertz CT molecular complexity index is 244. The minimum absolute atomic E-state index is 1.05. The first-order valence-corrected chi connectivity index (χ1v) is 6.90. The van der Waals surface area contributed by atoms with Crippen molar-refractivity contribution in [3.63, 3.8) is 0 Å². The van der Waals surface area contributed by atoms with E-state index in [0.717, 1.165) is 12.8 Å². The number of allylic oxidation sites excluding steroid dienone is 5. The van der Waals surface area contributed by atoms with E-state index in [-0.39, 0.29) is 0 Å². The molecule has 0 amide bonds. The normalized spacial score (nSPS) is 13.1. The highest BCUT2D eigenvalue weighted by atomic mass is 15.1. The fourth-order valence-electron chi connectivity index (χ4n) is 1.43. The summed E-state index contributed by atoms with van der Waals surface area (Å²) in [5.41, 5.74) is 2.79. The first-order valence-electron chi connectivity index (χ1n) is 6.90. The van der Waals surface area contributed by atoms with Crippen LogP contribution in [0.2, 0.25) is 0 Å². The van der Waals surface area contributed by atoms with E-state index >= 15 is 0 Å². The van der Waals surface area contributed by atoms with Gasteiger partial charge in [-0.05, 0) is 18.4 Å². The Labute approximate surface area is 109 Å². The Kier molecular flexibility index (Phi) is 14.2. The molecule has 0 aromatic rings. The molecule has 17 heavy (non-hydrogen) atoms. The van der Waals surface area contributed by atoms with Gasteiger partial charge in [0.25, 0.3) is 0 Å². The minimum atomic E-state index is 1.05. The topological polar surface area (TPSA) is 3.24 Å². The summed E-state index contributed by atoms with van der Waals surface area (Å²) >= 11 is 0.